The number of ether oxygens (including phenoxy) is 1. The monoisotopic (exact) mass is 496 g/mol. The van der Waals surface area contributed by atoms with Crippen molar-refractivity contribution in [3.05, 3.63) is 59.7 Å². The van der Waals surface area contributed by atoms with Crippen molar-refractivity contribution in [3.63, 3.8) is 0 Å². The molecule has 4 rings (SSSR count). The summed E-state index contributed by atoms with van der Waals surface area (Å²) in [5.41, 5.74) is 1.59. The van der Waals surface area contributed by atoms with E-state index in [4.69, 9.17) is 4.74 Å². The summed E-state index contributed by atoms with van der Waals surface area (Å²) in [6, 6.07) is 13.4. The molecule has 2 aliphatic rings. The number of carbonyl (C=O) groups excluding carboxylic acids is 3. The Morgan fingerprint density at radius 3 is 2.49 bits per heavy atom. The van der Waals surface area contributed by atoms with Gasteiger partial charge in [0, 0.05) is 37.3 Å². The Morgan fingerprint density at radius 1 is 1.14 bits per heavy atom. The van der Waals surface area contributed by atoms with Crippen LogP contribution < -0.4 is 15.4 Å². The molecule has 3 N–H and O–H groups in total. The van der Waals surface area contributed by atoms with E-state index >= 15 is 0 Å². The highest BCUT2D eigenvalue weighted by Crippen LogP contribution is 2.29. The van der Waals surface area contributed by atoms with Crippen molar-refractivity contribution in [1.82, 2.24) is 10.2 Å². The Kier molecular flexibility index (Phi) is 8.04. The molecule has 9 nitrogen and oxygen atoms in total. The number of methoxy groups -OCH3 is 1. The molecule has 0 saturated carbocycles. The van der Waals surface area contributed by atoms with Crippen LogP contribution in [0, 0.1) is 0 Å². The number of likely N-dealkylation sites (tertiary alicyclic amines) is 1. The summed E-state index contributed by atoms with van der Waals surface area (Å²) in [6.45, 7) is 1.86. The number of amidine groups is 1. The van der Waals surface area contributed by atoms with E-state index in [1.54, 1.807) is 55.6 Å². The Hall–Kier alpha value is -3.37. The number of rotatable bonds is 8. The first-order valence-corrected chi connectivity index (χ1v) is 12.3. The molecular weight excluding hydrogens is 468 g/mol. The normalized spacial score (nSPS) is 18.2. The molecule has 184 valence electrons. The molecule has 2 aromatic rings. The van der Waals surface area contributed by atoms with E-state index in [0.29, 0.717) is 22.6 Å². The highest BCUT2D eigenvalue weighted by molar-refractivity contribution is 8.15. The summed E-state index contributed by atoms with van der Waals surface area (Å²) in [5.74, 6) is -0.203. The zero-order valence-electron chi connectivity index (χ0n) is 19.4. The molecule has 2 atom stereocenters. The van der Waals surface area contributed by atoms with Crippen LogP contribution in [0.2, 0.25) is 0 Å². The van der Waals surface area contributed by atoms with E-state index in [1.807, 2.05) is 0 Å². The maximum atomic E-state index is 12.5. The molecule has 1 fully saturated rings. The molecule has 2 heterocycles. The number of aliphatic hydroxyl groups excluding tert-OH is 1. The van der Waals surface area contributed by atoms with Gasteiger partial charge in [0.15, 0.2) is 5.17 Å². The Labute approximate surface area is 207 Å². The van der Waals surface area contributed by atoms with Crippen LogP contribution in [0.3, 0.4) is 0 Å². The molecule has 2 aliphatic heterocycles. The molecule has 3 amide bonds. The van der Waals surface area contributed by atoms with Crippen molar-refractivity contribution >= 4 is 40.3 Å². The van der Waals surface area contributed by atoms with Gasteiger partial charge >= 0.3 is 0 Å². The fraction of sp³-hybridized carbons (Fsp3) is 0.360. The van der Waals surface area contributed by atoms with Gasteiger partial charge in [-0.15, -0.1) is 0 Å². The highest BCUT2D eigenvalue weighted by atomic mass is 32.2. The van der Waals surface area contributed by atoms with E-state index in [9.17, 15) is 19.5 Å². The Bertz CT molecular complexity index is 1100. The minimum Gasteiger partial charge on any atom is -0.497 e. The number of aliphatic hydroxyl groups is 1. The van der Waals surface area contributed by atoms with Crippen LogP contribution in [0.5, 0.6) is 5.75 Å². The second-order valence-electron chi connectivity index (χ2n) is 8.36. The van der Waals surface area contributed by atoms with Gasteiger partial charge in [-0.1, -0.05) is 23.9 Å². The van der Waals surface area contributed by atoms with Crippen LogP contribution in [-0.4, -0.2) is 64.9 Å². The maximum Gasteiger partial charge on any atom is 0.262 e. The van der Waals surface area contributed by atoms with Gasteiger partial charge in [0.25, 0.3) is 11.8 Å². The fourth-order valence-corrected chi connectivity index (χ4v) is 4.99. The molecule has 0 aliphatic carbocycles. The summed E-state index contributed by atoms with van der Waals surface area (Å²) in [5, 5.41) is 16.0. The smallest absolute Gasteiger partial charge is 0.262 e. The molecule has 0 radical (unpaired) electrons. The van der Waals surface area contributed by atoms with Crippen LogP contribution in [0.25, 0.3) is 0 Å². The number of aliphatic imine (C=N–C) groups is 1. The lowest BCUT2D eigenvalue weighted by molar-refractivity contribution is -0.121. The number of hydrogen-bond donors (Lipinski definition) is 3. The number of thioether (sulfide) groups is 1. The molecule has 35 heavy (non-hydrogen) atoms. The first kappa shape index (κ1) is 24.7. The average molecular weight is 497 g/mol. The predicted octanol–water partition coefficient (Wildman–Crippen LogP) is 2.58. The highest BCUT2D eigenvalue weighted by Gasteiger charge is 2.33. The molecule has 2 aromatic carbocycles. The minimum atomic E-state index is -0.852. The van der Waals surface area contributed by atoms with Crippen LogP contribution in [0.1, 0.15) is 41.3 Å². The summed E-state index contributed by atoms with van der Waals surface area (Å²) < 4.78 is 5.10. The number of benzene rings is 2. The summed E-state index contributed by atoms with van der Waals surface area (Å²) in [4.78, 5) is 43.3. The van der Waals surface area contributed by atoms with Gasteiger partial charge < -0.3 is 25.4 Å². The molecule has 1 saturated heterocycles. The van der Waals surface area contributed by atoms with Crippen molar-refractivity contribution in [2.75, 3.05) is 32.1 Å². The molecule has 2 unspecified atom stereocenters. The number of nitrogens with one attached hydrogen (secondary N) is 2. The predicted molar refractivity (Wildman–Crippen MR) is 135 cm³/mol. The third-order valence-electron chi connectivity index (χ3n) is 5.86. The van der Waals surface area contributed by atoms with Gasteiger partial charge in [-0.3, -0.25) is 14.4 Å². The van der Waals surface area contributed by atoms with Gasteiger partial charge in [-0.2, -0.15) is 4.99 Å². The number of nitrogens with zero attached hydrogens (tertiary/aromatic N) is 2. The molecule has 0 aromatic heterocycles. The van der Waals surface area contributed by atoms with Gasteiger partial charge in [0.1, 0.15) is 11.0 Å². The fourth-order valence-electron chi connectivity index (χ4n) is 3.87. The van der Waals surface area contributed by atoms with Crippen molar-refractivity contribution in [3.8, 4) is 5.75 Å². The number of carbonyl (C=O) groups is 3. The van der Waals surface area contributed by atoms with Crippen LogP contribution in [-0.2, 0) is 9.59 Å². The zero-order chi connectivity index (χ0) is 24.8. The molecule has 0 bridgehead atoms. The Morgan fingerprint density at radius 2 is 1.83 bits per heavy atom. The van der Waals surface area contributed by atoms with E-state index in [2.05, 4.69) is 20.5 Å². The van der Waals surface area contributed by atoms with Gasteiger partial charge in [0.05, 0.1) is 13.2 Å². The standard InChI is InChI=1S/C25H28N4O5S/c1-34-19-10-6-16(7-11-19)20(30)15-26-23(32)17-4-8-18(9-5-17)27-22(31)14-21-24(33)28-25(35-21)29-12-2-3-13-29/h4-11,20-21,30H,2-3,12-15H2,1H3,(H,26,32)(H,27,31). The second-order valence-corrected chi connectivity index (χ2v) is 9.53. The van der Waals surface area contributed by atoms with Gasteiger partial charge in [-0.25, -0.2) is 0 Å². The molecular formula is C25H28N4O5S. The number of hydrogen-bond acceptors (Lipinski definition) is 7. The first-order valence-electron chi connectivity index (χ1n) is 11.5. The van der Waals surface area contributed by atoms with Crippen molar-refractivity contribution in [1.29, 1.82) is 0 Å². The maximum absolute atomic E-state index is 12.5. The van der Waals surface area contributed by atoms with Crippen LogP contribution in [0.4, 0.5) is 5.69 Å². The minimum absolute atomic E-state index is 0.0375. The lowest BCUT2D eigenvalue weighted by Crippen LogP contribution is -2.28. The average Bonchev–Trinajstić information content (AvgIpc) is 3.53. The quantitative estimate of drug-likeness (QED) is 0.514. The van der Waals surface area contributed by atoms with E-state index in [-0.39, 0.29) is 30.7 Å². The van der Waals surface area contributed by atoms with Crippen molar-refractivity contribution < 1.29 is 24.2 Å². The van der Waals surface area contributed by atoms with E-state index in [0.717, 1.165) is 31.1 Å². The second kappa shape index (κ2) is 11.4. The summed E-state index contributed by atoms with van der Waals surface area (Å²) in [7, 11) is 1.57. The summed E-state index contributed by atoms with van der Waals surface area (Å²) in [6.07, 6.45) is 1.37. The largest absolute Gasteiger partial charge is 0.497 e. The third kappa shape index (κ3) is 6.40. The van der Waals surface area contributed by atoms with Crippen molar-refractivity contribution in [2.24, 2.45) is 4.99 Å². The topological polar surface area (TPSA) is 120 Å². The zero-order valence-corrected chi connectivity index (χ0v) is 20.2. The summed E-state index contributed by atoms with van der Waals surface area (Å²) >= 11 is 1.36. The lowest BCUT2D eigenvalue weighted by Gasteiger charge is -2.16. The molecule has 0 spiro atoms. The van der Waals surface area contributed by atoms with E-state index < -0.39 is 11.4 Å². The first-order chi connectivity index (χ1) is 16.9. The van der Waals surface area contributed by atoms with Crippen molar-refractivity contribution in [2.45, 2.75) is 30.6 Å². The Balaban J connectivity index is 1.23. The van der Waals surface area contributed by atoms with Crippen LogP contribution in [0.15, 0.2) is 53.5 Å². The van der Waals surface area contributed by atoms with Gasteiger partial charge in [-0.05, 0) is 54.8 Å². The third-order valence-corrected chi connectivity index (χ3v) is 7.08. The van der Waals surface area contributed by atoms with Crippen LogP contribution >= 0.6 is 11.8 Å². The van der Waals surface area contributed by atoms with Gasteiger partial charge in [0.2, 0.25) is 5.91 Å². The SMILES string of the molecule is COc1ccc(C(O)CNC(=O)c2ccc(NC(=O)CC3SC(N4CCCC4)=NC3=O)cc2)cc1. The molecule has 10 heteroatoms. The number of amides is 3. The number of anilines is 1. The van der Waals surface area contributed by atoms with E-state index in [1.165, 1.54) is 11.8 Å². The lowest BCUT2D eigenvalue weighted by atomic mass is 10.1.